The first kappa shape index (κ1) is 20.0. The third kappa shape index (κ3) is 4.23. The van der Waals surface area contributed by atoms with Crippen molar-refractivity contribution in [2.45, 2.75) is 32.5 Å². The zero-order chi connectivity index (χ0) is 20.3. The Labute approximate surface area is 170 Å². The maximum Gasteiger partial charge on any atom is 0.293 e. The summed E-state index contributed by atoms with van der Waals surface area (Å²) >= 11 is 2.83. The highest BCUT2D eigenvalue weighted by molar-refractivity contribution is 7.99. The number of thioether (sulfide) groups is 1. The Morgan fingerprint density at radius 1 is 1.32 bits per heavy atom. The van der Waals surface area contributed by atoms with Gasteiger partial charge in [-0.3, -0.25) is 14.9 Å². The van der Waals surface area contributed by atoms with Gasteiger partial charge in [0.2, 0.25) is 5.91 Å². The largest absolute Gasteiger partial charge is 0.320 e. The van der Waals surface area contributed by atoms with Crippen molar-refractivity contribution in [3.63, 3.8) is 0 Å². The highest BCUT2D eigenvalue weighted by Crippen LogP contribution is 2.29. The van der Waals surface area contributed by atoms with Gasteiger partial charge in [0.1, 0.15) is 5.69 Å². The van der Waals surface area contributed by atoms with E-state index >= 15 is 0 Å². The number of amides is 1. The Bertz CT molecular complexity index is 1010. The molecule has 146 valence electrons. The Balaban J connectivity index is 1.72. The monoisotopic (exact) mass is 417 g/mol. The molecule has 0 bridgehead atoms. The van der Waals surface area contributed by atoms with E-state index < -0.39 is 4.92 Å². The summed E-state index contributed by atoms with van der Waals surface area (Å²) in [5.74, 6) is 0.511. The minimum Gasteiger partial charge on any atom is -0.320 e. The lowest BCUT2D eigenvalue weighted by Gasteiger charge is -2.09. The van der Waals surface area contributed by atoms with Crippen molar-refractivity contribution in [2.75, 3.05) is 11.1 Å². The van der Waals surface area contributed by atoms with Gasteiger partial charge in [0.25, 0.3) is 5.69 Å². The molecule has 28 heavy (non-hydrogen) atoms. The highest BCUT2D eigenvalue weighted by atomic mass is 32.2. The number of nitrogens with zero attached hydrogens (tertiary/aromatic N) is 4. The van der Waals surface area contributed by atoms with E-state index in [0.29, 0.717) is 11.7 Å². The van der Waals surface area contributed by atoms with Crippen LogP contribution in [-0.4, -0.2) is 31.3 Å². The molecule has 1 N–H and O–H groups in total. The average molecular weight is 418 g/mol. The molecular weight excluding hydrogens is 398 g/mol. The predicted molar refractivity (Wildman–Crippen MR) is 111 cm³/mol. The van der Waals surface area contributed by atoms with Crippen LogP contribution in [0.5, 0.6) is 0 Å². The molecule has 0 aliphatic rings. The van der Waals surface area contributed by atoms with Crippen LogP contribution in [0.4, 0.5) is 11.4 Å². The second-order valence-corrected chi connectivity index (χ2v) is 7.97. The minimum atomic E-state index is -0.490. The Morgan fingerprint density at radius 3 is 2.71 bits per heavy atom. The molecule has 0 unspecified atom stereocenters. The van der Waals surface area contributed by atoms with Gasteiger partial charge in [-0.15, -0.1) is 21.5 Å². The second-order valence-electron chi connectivity index (χ2n) is 6.08. The zero-order valence-electron chi connectivity index (χ0n) is 15.6. The summed E-state index contributed by atoms with van der Waals surface area (Å²) in [6.45, 7) is 6.31. The third-order valence-electron chi connectivity index (χ3n) is 4.19. The summed E-state index contributed by atoms with van der Waals surface area (Å²) in [4.78, 5) is 24.2. The van der Waals surface area contributed by atoms with Gasteiger partial charge < -0.3 is 9.88 Å². The molecule has 0 atom stereocenters. The maximum absolute atomic E-state index is 12.4. The first-order valence-corrected chi connectivity index (χ1v) is 10.4. The van der Waals surface area contributed by atoms with Gasteiger partial charge >= 0.3 is 0 Å². The molecule has 0 radical (unpaired) electrons. The van der Waals surface area contributed by atoms with E-state index in [1.165, 1.54) is 17.8 Å². The number of aromatic nitrogens is 3. The number of nitro benzene ring substituents is 1. The van der Waals surface area contributed by atoms with Crippen LogP contribution in [0.2, 0.25) is 0 Å². The fraction of sp³-hybridized carbons (Fsp3) is 0.278. The minimum absolute atomic E-state index is 0.0760. The lowest BCUT2D eigenvalue weighted by atomic mass is 10.1. The molecule has 1 aromatic carbocycles. The summed E-state index contributed by atoms with van der Waals surface area (Å²) in [7, 11) is 0. The van der Waals surface area contributed by atoms with Gasteiger partial charge in [0.15, 0.2) is 11.0 Å². The molecule has 0 saturated carbocycles. The van der Waals surface area contributed by atoms with Crippen LogP contribution in [0.3, 0.4) is 0 Å². The van der Waals surface area contributed by atoms with Gasteiger partial charge in [-0.2, -0.15) is 0 Å². The highest BCUT2D eigenvalue weighted by Gasteiger charge is 2.19. The number of rotatable bonds is 7. The normalized spacial score (nSPS) is 10.8. The van der Waals surface area contributed by atoms with Gasteiger partial charge in [-0.25, -0.2) is 0 Å². The number of benzene rings is 1. The van der Waals surface area contributed by atoms with Crippen molar-refractivity contribution >= 4 is 40.4 Å². The molecule has 0 spiro atoms. The summed E-state index contributed by atoms with van der Waals surface area (Å²) in [5, 5.41) is 24.9. The molecule has 3 aromatic rings. The first-order valence-electron chi connectivity index (χ1n) is 8.56. The predicted octanol–water partition coefficient (Wildman–Crippen LogP) is 4.28. The van der Waals surface area contributed by atoms with Crippen LogP contribution in [0.15, 0.2) is 34.8 Å². The van der Waals surface area contributed by atoms with Crippen molar-refractivity contribution in [1.82, 2.24) is 14.8 Å². The third-order valence-corrected chi connectivity index (χ3v) is 6.02. The van der Waals surface area contributed by atoms with E-state index in [0.717, 1.165) is 21.8 Å². The van der Waals surface area contributed by atoms with Crippen LogP contribution >= 0.6 is 23.1 Å². The van der Waals surface area contributed by atoms with Crippen molar-refractivity contribution < 1.29 is 9.72 Å². The van der Waals surface area contributed by atoms with Gasteiger partial charge in [0, 0.05) is 12.6 Å². The van der Waals surface area contributed by atoms with Crippen LogP contribution in [0.25, 0.3) is 10.7 Å². The van der Waals surface area contributed by atoms with Crippen LogP contribution in [0.1, 0.15) is 18.1 Å². The number of carbonyl (C=O) groups is 1. The van der Waals surface area contributed by atoms with Gasteiger partial charge in [-0.05, 0) is 49.4 Å². The Hall–Kier alpha value is -2.72. The molecule has 1 amide bonds. The topological polar surface area (TPSA) is 103 Å². The number of thiophene rings is 1. The Kier molecular flexibility index (Phi) is 6.10. The standard InChI is InChI=1S/C18H19N5O3S2/c1-4-22-17(15-6-5-7-27-15)20-21-18(22)28-10-16(24)19-13-8-11(2)12(3)9-14(13)23(25)26/h5-9H,4,10H2,1-3H3,(H,19,24). The van der Waals surface area contributed by atoms with Crippen LogP contribution < -0.4 is 5.32 Å². The fourth-order valence-electron chi connectivity index (χ4n) is 2.64. The van der Waals surface area contributed by atoms with E-state index in [4.69, 9.17) is 0 Å². The summed E-state index contributed by atoms with van der Waals surface area (Å²) < 4.78 is 1.95. The van der Waals surface area contributed by atoms with Crippen molar-refractivity contribution in [3.8, 4) is 10.7 Å². The van der Waals surface area contributed by atoms with Crippen molar-refractivity contribution in [2.24, 2.45) is 0 Å². The number of carbonyl (C=O) groups excluding carboxylic acids is 1. The number of anilines is 1. The van der Waals surface area contributed by atoms with E-state index in [9.17, 15) is 14.9 Å². The molecule has 0 aliphatic carbocycles. The molecule has 3 rings (SSSR count). The van der Waals surface area contributed by atoms with E-state index in [2.05, 4.69) is 15.5 Å². The maximum atomic E-state index is 12.4. The zero-order valence-corrected chi connectivity index (χ0v) is 17.3. The second kappa shape index (κ2) is 8.53. The smallest absolute Gasteiger partial charge is 0.293 e. The fourth-order valence-corrected chi connectivity index (χ4v) is 4.16. The molecule has 2 aromatic heterocycles. The summed E-state index contributed by atoms with van der Waals surface area (Å²) in [6.07, 6.45) is 0. The molecular formula is C18H19N5O3S2. The van der Waals surface area contributed by atoms with Crippen molar-refractivity contribution in [1.29, 1.82) is 0 Å². The van der Waals surface area contributed by atoms with Crippen molar-refractivity contribution in [3.05, 3.63) is 50.9 Å². The lowest BCUT2D eigenvalue weighted by molar-refractivity contribution is -0.384. The molecule has 0 fully saturated rings. The average Bonchev–Trinajstić information content (AvgIpc) is 3.31. The molecule has 0 saturated heterocycles. The number of hydrogen-bond acceptors (Lipinski definition) is 7. The first-order chi connectivity index (χ1) is 13.4. The number of hydrogen-bond donors (Lipinski definition) is 1. The van der Waals surface area contributed by atoms with E-state index in [-0.39, 0.29) is 23.0 Å². The molecule has 8 nitrogen and oxygen atoms in total. The molecule has 2 heterocycles. The van der Waals surface area contributed by atoms with Crippen LogP contribution in [-0.2, 0) is 11.3 Å². The lowest BCUT2D eigenvalue weighted by Crippen LogP contribution is -2.16. The summed E-state index contributed by atoms with van der Waals surface area (Å²) in [5.41, 5.74) is 1.77. The van der Waals surface area contributed by atoms with Gasteiger partial charge in [-0.1, -0.05) is 17.8 Å². The number of nitrogens with one attached hydrogen (secondary N) is 1. The number of aryl methyl sites for hydroxylation is 2. The molecule has 0 aliphatic heterocycles. The van der Waals surface area contributed by atoms with Crippen LogP contribution in [0, 0.1) is 24.0 Å². The summed E-state index contributed by atoms with van der Waals surface area (Å²) in [6, 6.07) is 7.02. The van der Waals surface area contributed by atoms with Gasteiger partial charge in [0.05, 0.1) is 15.6 Å². The quantitative estimate of drug-likeness (QED) is 0.350. The molecule has 10 heteroatoms. The number of nitro groups is 1. The van der Waals surface area contributed by atoms with E-state index in [1.54, 1.807) is 24.3 Å². The van der Waals surface area contributed by atoms with E-state index in [1.807, 2.05) is 35.9 Å². The SMILES string of the molecule is CCn1c(SCC(=O)Nc2cc(C)c(C)cc2[N+](=O)[O-])nnc1-c1cccs1. The Morgan fingerprint density at radius 2 is 2.07 bits per heavy atom.